The van der Waals surface area contributed by atoms with E-state index in [1.165, 1.54) is 0 Å². The fourth-order valence-electron chi connectivity index (χ4n) is 2.63. The molecular weight excluding hydrogens is 333 g/mol. The molecule has 0 saturated carbocycles. The maximum atomic E-state index is 6.11. The molecule has 3 heterocycles. The van der Waals surface area contributed by atoms with E-state index in [1.54, 1.807) is 0 Å². The van der Waals surface area contributed by atoms with Crippen LogP contribution in [0.15, 0.2) is 16.7 Å². The monoisotopic (exact) mass is 353 g/mol. The summed E-state index contributed by atoms with van der Waals surface area (Å²) in [5.74, 6) is 0. The number of hydrogen-bond donors (Lipinski definition) is 0. The van der Waals surface area contributed by atoms with Crippen molar-refractivity contribution in [1.29, 1.82) is 0 Å². The fraction of sp³-hybridized carbons (Fsp3) is 0.667. The highest BCUT2D eigenvalue weighted by molar-refractivity contribution is 9.10. The maximum Gasteiger partial charge on any atom is 0.494 e. The number of rotatable bonds is 2. The average Bonchev–Trinajstić information content (AvgIpc) is 2.96. The van der Waals surface area contributed by atoms with E-state index in [4.69, 9.17) is 14.0 Å². The summed E-state index contributed by atoms with van der Waals surface area (Å²) in [6.07, 6.45) is 2.19. The number of ether oxygens (including phenoxy) is 1. The zero-order chi connectivity index (χ0) is 15.3. The van der Waals surface area contributed by atoms with Crippen LogP contribution in [-0.2, 0) is 14.0 Å². The summed E-state index contributed by atoms with van der Waals surface area (Å²) < 4.78 is 18.7. The van der Waals surface area contributed by atoms with Gasteiger partial charge in [0, 0.05) is 6.61 Å². The smallest absolute Gasteiger partial charge is 0.399 e. The van der Waals surface area contributed by atoms with E-state index in [0.717, 1.165) is 35.2 Å². The first-order valence-corrected chi connectivity index (χ1v) is 8.22. The average molecular weight is 354 g/mol. The van der Waals surface area contributed by atoms with Crippen molar-refractivity contribution in [3.63, 3.8) is 0 Å². The van der Waals surface area contributed by atoms with Gasteiger partial charge in [0.25, 0.3) is 0 Å². The molecule has 1 atom stereocenters. The first-order valence-electron chi connectivity index (χ1n) is 7.43. The molecule has 3 rings (SSSR count). The lowest BCUT2D eigenvalue weighted by Crippen LogP contribution is -2.41. The van der Waals surface area contributed by atoms with E-state index in [1.807, 2.05) is 12.1 Å². The van der Waals surface area contributed by atoms with Gasteiger partial charge in [-0.2, -0.15) is 0 Å². The molecule has 114 valence electrons. The highest BCUT2D eigenvalue weighted by Gasteiger charge is 2.51. The van der Waals surface area contributed by atoms with Crippen LogP contribution in [0.25, 0.3) is 0 Å². The fourth-order valence-corrected chi connectivity index (χ4v) is 3.10. The zero-order valence-corrected chi connectivity index (χ0v) is 14.6. The number of halogens is 1. The van der Waals surface area contributed by atoms with Crippen LogP contribution in [0.5, 0.6) is 0 Å². The second-order valence-corrected chi connectivity index (χ2v) is 7.55. The third-order valence-electron chi connectivity index (χ3n) is 4.62. The molecule has 2 saturated heterocycles. The quantitative estimate of drug-likeness (QED) is 0.605. The van der Waals surface area contributed by atoms with Gasteiger partial charge in [0.1, 0.15) is 4.60 Å². The van der Waals surface area contributed by atoms with E-state index in [-0.39, 0.29) is 24.4 Å². The van der Waals surface area contributed by atoms with E-state index >= 15 is 0 Å². The summed E-state index contributed by atoms with van der Waals surface area (Å²) in [6.45, 7) is 9.05. The summed E-state index contributed by atoms with van der Waals surface area (Å²) in [4.78, 5) is 4.54. The minimum Gasteiger partial charge on any atom is -0.399 e. The number of nitrogens with zero attached hydrogens (tertiary/aromatic N) is 1. The first kappa shape index (κ1) is 15.5. The molecule has 0 bridgehead atoms. The van der Waals surface area contributed by atoms with Crippen molar-refractivity contribution < 1.29 is 14.0 Å². The SMILES string of the molecule is CC1(C)OB(c2cc(Br)nc(C3CCCO3)c2)OC1(C)C. The van der Waals surface area contributed by atoms with Gasteiger partial charge in [0.15, 0.2) is 0 Å². The Kier molecular flexibility index (Phi) is 3.93. The van der Waals surface area contributed by atoms with Gasteiger partial charge in [-0.25, -0.2) is 4.98 Å². The van der Waals surface area contributed by atoms with Crippen LogP contribution in [0.2, 0.25) is 0 Å². The summed E-state index contributed by atoms with van der Waals surface area (Å²) in [5, 5.41) is 0. The van der Waals surface area contributed by atoms with Crippen LogP contribution in [-0.4, -0.2) is 29.9 Å². The summed E-state index contributed by atoms with van der Waals surface area (Å²) >= 11 is 3.49. The van der Waals surface area contributed by atoms with Gasteiger partial charge in [0.2, 0.25) is 0 Å². The van der Waals surface area contributed by atoms with Crippen molar-refractivity contribution in [2.45, 2.75) is 57.8 Å². The topological polar surface area (TPSA) is 40.6 Å². The lowest BCUT2D eigenvalue weighted by Gasteiger charge is -2.32. The summed E-state index contributed by atoms with van der Waals surface area (Å²) in [7, 11) is -0.366. The molecule has 2 fully saturated rings. The predicted octanol–water partition coefficient (Wildman–Crippen LogP) is 2.99. The lowest BCUT2D eigenvalue weighted by molar-refractivity contribution is 0.00578. The molecule has 1 aromatic rings. The van der Waals surface area contributed by atoms with E-state index < -0.39 is 0 Å². The van der Waals surface area contributed by atoms with Crippen molar-refractivity contribution in [2.75, 3.05) is 6.61 Å². The second-order valence-electron chi connectivity index (χ2n) is 6.74. The number of pyridine rings is 1. The van der Waals surface area contributed by atoms with Gasteiger partial charge in [-0.1, -0.05) is 0 Å². The van der Waals surface area contributed by atoms with Crippen LogP contribution in [0.3, 0.4) is 0 Å². The van der Waals surface area contributed by atoms with Gasteiger partial charge < -0.3 is 14.0 Å². The third kappa shape index (κ3) is 2.91. The normalized spacial score (nSPS) is 27.3. The molecule has 0 radical (unpaired) electrons. The standard InChI is InChI=1S/C15H21BBrNO3/c1-14(2)15(3,4)21-16(20-14)10-8-11(18-13(17)9-10)12-6-5-7-19-12/h8-9,12H,5-7H2,1-4H3. The van der Waals surface area contributed by atoms with Crippen LogP contribution in [0.4, 0.5) is 0 Å². The first-order chi connectivity index (χ1) is 9.78. The van der Waals surface area contributed by atoms with Gasteiger partial charge in [-0.15, -0.1) is 0 Å². The highest BCUT2D eigenvalue weighted by atomic mass is 79.9. The summed E-state index contributed by atoms with van der Waals surface area (Å²) in [6, 6.07) is 4.00. The third-order valence-corrected chi connectivity index (χ3v) is 5.03. The molecule has 0 spiro atoms. The van der Waals surface area contributed by atoms with Gasteiger partial charge in [0.05, 0.1) is 23.0 Å². The van der Waals surface area contributed by atoms with E-state index in [0.29, 0.717) is 0 Å². The van der Waals surface area contributed by atoms with Gasteiger partial charge >= 0.3 is 7.12 Å². The molecule has 4 nitrogen and oxygen atoms in total. The Bertz CT molecular complexity index is 528. The molecule has 1 unspecified atom stereocenters. The Balaban J connectivity index is 1.89. The van der Waals surface area contributed by atoms with Crippen molar-refractivity contribution >= 4 is 28.5 Å². The van der Waals surface area contributed by atoms with E-state index in [2.05, 4.69) is 48.6 Å². The Morgan fingerprint density at radius 2 is 1.86 bits per heavy atom. The Labute approximate surface area is 134 Å². The number of hydrogen-bond acceptors (Lipinski definition) is 4. The molecule has 2 aliphatic heterocycles. The van der Waals surface area contributed by atoms with Gasteiger partial charge in [-0.05, 0) is 74.1 Å². The van der Waals surface area contributed by atoms with E-state index in [9.17, 15) is 0 Å². The Morgan fingerprint density at radius 1 is 1.19 bits per heavy atom. The van der Waals surface area contributed by atoms with Crippen molar-refractivity contribution in [2.24, 2.45) is 0 Å². The lowest BCUT2D eigenvalue weighted by atomic mass is 9.79. The molecule has 2 aliphatic rings. The van der Waals surface area contributed by atoms with Crippen molar-refractivity contribution in [3.05, 3.63) is 22.4 Å². The Morgan fingerprint density at radius 3 is 2.43 bits per heavy atom. The zero-order valence-electron chi connectivity index (χ0n) is 13.0. The van der Waals surface area contributed by atoms with Crippen molar-refractivity contribution in [1.82, 2.24) is 4.98 Å². The van der Waals surface area contributed by atoms with Gasteiger partial charge in [-0.3, -0.25) is 0 Å². The largest absolute Gasteiger partial charge is 0.494 e. The molecule has 21 heavy (non-hydrogen) atoms. The van der Waals surface area contributed by atoms with Crippen LogP contribution in [0, 0.1) is 0 Å². The molecule has 0 N–H and O–H groups in total. The molecule has 0 amide bonds. The highest BCUT2D eigenvalue weighted by Crippen LogP contribution is 2.37. The minimum atomic E-state index is -0.366. The molecular formula is C15H21BBrNO3. The van der Waals surface area contributed by atoms with Crippen LogP contribution < -0.4 is 5.46 Å². The molecule has 0 aromatic carbocycles. The minimum absolute atomic E-state index is 0.0867. The van der Waals surface area contributed by atoms with Crippen molar-refractivity contribution in [3.8, 4) is 0 Å². The molecule has 0 aliphatic carbocycles. The summed E-state index contributed by atoms with van der Waals surface area (Å²) in [5.41, 5.74) is 1.27. The predicted molar refractivity (Wildman–Crippen MR) is 85.6 cm³/mol. The van der Waals surface area contributed by atoms with Crippen LogP contribution >= 0.6 is 15.9 Å². The number of aromatic nitrogens is 1. The Hall–Kier alpha value is -0.425. The molecule has 6 heteroatoms. The second kappa shape index (κ2) is 5.34. The molecule has 1 aromatic heterocycles. The maximum absolute atomic E-state index is 6.11. The van der Waals surface area contributed by atoms with Crippen LogP contribution in [0.1, 0.15) is 52.3 Å².